The van der Waals surface area contributed by atoms with Crippen LogP contribution in [0.1, 0.15) is 38.2 Å². The van der Waals surface area contributed by atoms with E-state index >= 15 is 0 Å². The lowest BCUT2D eigenvalue weighted by Gasteiger charge is -2.32. The highest BCUT2D eigenvalue weighted by molar-refractivity contribution is 6.12. The fraction of sp³-hybridized carbons (Fsp3) is 0.333. The highest BCUT2D eigenvalue weighted by Gasteiger charge is 2.32. The van der Waals surface area contributed by atoms with Gasteiger partial charge >= 0.3 is 0 Å². The van der Waals surface area contributed by atoms with Gasteiger partial charge in [0, 0.05) is 11.6 Å². The molecule has 2 aliphatic rings. The van der Waals surface area contributed by atoms with Crippen molar-refractivity contribution in [3.8, 4) is 5.75 Å². The average Bonchev–Trinajstić information content (AvgIpc) is 2.74. The normalized spacial score (nSPS) is 22.4. The maximum absolute atomic E-state index is 14.1. The van der Waals surface area contributed by atoms with Crippen LogP contribution in [-0.4, -0.2) is 24.4 Å². The molecule has 156 valence electrons. The van der Waals surface area contributed by atoms with Crippen molar-refractivity contribution >= 4 is 23.6 Å². The molecular formula is C24H25FN2O3. The summed E-state index contributed by atoms with van der Waals surface area (Å²) in [6.07, 6.45) is 5.72. The Labute approximate surface area is 175 Å². The zero-order valence-corrected chi connectivity index (χ0v) is 16.9. The molecule has 0 unspecified atom stereocenters. The van der Waals surface area contributed by atoms with E-state index in [1.54, 1.807) is 42.5 Å². The molecule has 1 fully saturated rings. The van der Waals surface area contributed by atoms with Crippen LogP contribution in [0.25, 0.3) is 6.08 Å². The molecule has 1 N–H and O–H groups in total. The summed E-state index contributed by atoms with van der Waals surface area (Å²) in [7, 11) is 0. The third-order valence-corrected chi connectivity index (χ3v) is 5.78. The van der Waals surface area contributed by atoms with E-state index < -0.39 is 11.7 Å². The molecule has 0 saturated heterocycles. The van der Waals surface area contributed by atoms with E-state index in [2.05, 4.69) is 12.2 Å². The lowest BCUT2D eigenvalue weighted by molar-refractivity contribution is -0.124. The van der Waals surface area contributed by atoms with Crippen molar-refractivity contribution in [1.82, 2.24) is 5.32 Å². The molecule has 2 aromatic rings. The fourth-order valence-corrected chi connectivity index (χ4v) is 4.08. The summed E-state index contributed by atoms with van der Waals surface area (Å²) < 4.78 is 19.8. The molecule has 2 atom stereocenters. The molecule has 1 aliphatic heterocycles. The van der Waals surface area contributed by atoms with Gasteiger partial charge < -0.3 is 10.1 Å². The van der Waals surface area contributed by atoms with Crippen LogP contribution in [-0.2, 0) is 9.59 Å². The van der Waals surface area contributed by atoms with Gasteiger partial charge in [0.25, 0.3) is 5.91 Å². The third kappa shape index (κ3) is 4.22. The number of hydrogen-bond donors (Lipinski definition) is 1. The van der Waals surface area contributed by atoms with Crippen molar-refractivity contribution in [3.63, 3.8) is 0 Å². The fourth-order valence-electron chi connectivity index (χ4n) is 4.08. The molecule has 2 aromatic carbocycles. The summed E-state index contributed by atoms with van der Waals surface area (Å²) in [6.45, 7) is 2.03. The Hall–Kier alpha value is -3.15. The minimum atomic E-state index is -0.469. The molecule has 0 spiro atoms. The molecule has 0 bridgehead atoms. The van der Waals surface area contributed by atoms with Gasteiger partial charge in [-0.15, -0.1) is 0 Å². The third-order valence-electron chi connectivity index (χ3n) is 5.78. The number of benzene rings is 2. The SMILES string of the molecule is C[C@@H]1CCCC[C@H]1NC(=O)CN1C(=O)/C(=C/c2ccccc2F)Oc2ccccc21. The smallest absolute Gasteiger partial charge is 0.294 e. The molecule has 6 heteroatoms. The molecular weight excluding hydrogens is 383 g/mol. The zero-order valence-electron chi connectivity index (χ0n) is 16.9. The number of carbonyl (C=O) groups excluding carboxylic acids is 2. The Morgan fingerprint density at radius 3 is 2.70 bits per heavy atom. The summed E-state index contributed by atoms with van der Waals surface area (Å²) in [4.78, 5) is 27.3. The highest BCUT2D eigenvalue weighted by atomic mass is 19.1. The first-order valence-corrected chi connectivity index (χ1v) is 10.4. The predicted molar refractivity (Wildman–Crippen MR) is 113 cm³/mol. The van der Waals surface area contributed by atoms with E-state index in [1.807, 2.05) is 0 Å². The first kappa shape index (κ1) is 20.1. The number of hydrogen-bond acceptors (Lipinski definition) is 3. The second-order valence-electron chi connectivity index (χ2n) is 7.93. The first-order valence-electron chi connectivity index (χ1n) is 10.4. The van der Waals surface area contributed by atoms with Crippen LogP contribution in [0.2, 0.25) is 0 Å². The van der Waals surface area contributed by atoms with Crippen LogP contribution < -0.4 is 15.0 Å². The zero-order chi connectivity index (χ0) is 21.1. The predicted octanol–water partition coefficient (Wildman–Crippen LogP) is 4.29. The van der Waals surface area contributed by atoms with E-state index in [1.165, 1.54) is 23.5 Å². The Morgan fingerprint density at radius 2 is 1.90 bits per heavy atom. The molecule has 4 rings (SSSR count). The van der Waals surface area contributed by atoms with Crippen molar-refractivity contribution in [1.29, 1.82) is 0 Å². The van der Waals surface area contributed by atoms with Gasteiger partial charge in [0.15, 0.2) is 11.5 Å². The molecule has 1 aliphatic carbocycles. The number of fused-ring (bicyclic) bond motifs is 1. The molecule has 2 amide bonds. The number of carbonyl (C=O) groups is 2. The number of rotatable bonds is 4. The second kappa shape index (κ2) is 8.69. The number of amides is 2. The summed E-state index contributed by atoms with van der Waals surface area (Å²) in [5.41, 5.74) is 0.778. The van der Waals surface area contributed by atoms with E-state index in [9.17, 15) is 14.0 Å². The number of nitrogens with one attached hydrogen (secondary N) is 1. The molecule has 30 heavy (non-hydrogen) atoms. The topological polar surface area (TPSA) is 58.6 Å². The van der Waals surface area contributed by atoms with Crippen molar-refractivity contribution in [2.45, 2.75) is 38.6 Å². The van der Waals surface area contributed by atoms with Gasteiger partial charge in [0.1, 0.15) is 12.4 Å². The molecule has 0 radical (unpaired) electrons. The quantitative estimate of drug-likeness (QED) is 0.768. The Balaban J connectivity index is 1.58. The van der Waals surface area contributed by atoms with Gasteiger partial charge in [0.05, 0.1) is 5.69 Å². The van der Waals surface area contributed by atoms with Crippen LogP contribution >= 0.6 is 0 Å². The summed E-state index contributed by atoms with van der Waals surface area (Å²) in [6, 6.07) is 13.3. The molecule has 1 heterocycles. The summed E-state index contributed by atoms with van der Waals surface area (Å²) in [5, 5.41) is 3.09. The van der Waals surface area contributed by atoms with Gasteiger partial charge in [-0.3, -0.25) is 14.5 Å². The Kier molecular flexibility index (Phi) is 5.84. The number of anilines is 1. The first-order chi connectivity index (χ1) is 14.5. The maximum Gasteiger partial charge on any atom is 0.294 e. The van der Waals surface area contributed by atoms with Gasteiger partial charge in [-0.05, 0) is 43.0 Å². The highest BCUT2D eigenvalue weighted by Crippen LogP contribution is 2.35. The molecule has 5 nitrogen and oxygen atoms in total. The average molecular weight is 408 g/mol. The summed E-state index contributed by atoms with van der Waals surface area (Å²) in [5.74, 6) is -0.258. The number of ether oxygens (including phenoxy) is 1. The lowest BCUT2D eigenvalue weighted by Crippen LogP contribution is -2.48. The monoisotopic (exact) mass is 408 g/mol. The van der Waals surface area contributed by atoms with Gasteiger partial charge in [0.2, 0.25) is 5.91 Å². The van der Waals surface area contributed by atoms with Crippen LogP contribution in [0.3, 0.4) is 0 Å². The number of nitrogens with zero attached hydrogens (tertiary/aromatic N) is 1. The molecule has 0 aromatic heterocycles. The van der Waals surface area contributed by atoms with Gasteiger partial charge in [-0.1, -0.05) is 50.1 Å². The maximum atomic E-state index is 14.1. The second-order valence-corrected chi connectivity index (χ2v) is 7.93. The van der Waals surface area contributed by atoms with Gasteiger partial charge in [-0.25, -0.2) is 4.39 Å². The Bertz CT molecular complexity index is 988. The van der Waals surface area contributed by atoms with Crippen LogP contribution in [0.5, 0.6) is 5.75 Å². The van der Waals surface area contributed by atoms with Crippen molar-refractivity contribution in [2.24, 2.45) is 5.92 Å². The summed E-state index contributed by atoms with van der Waals surface area (Å²) >= 11 is 0. The van der Waals surface area contributed by atoms with Crippen molar-refractivity contribution in [3.05, 3.63) is 65.7 Å². The van der Waals surface area contributed by atoms with Crippen LogP contribution in [0, 0.1) is 11.7 Å². The standard InChI is InChI=1S/C24H25FN2O3/c1-16-8-2-5-11-19(16)26-23(28)15-27-20-12-6-7-13-21(20)30-22(24(27)29)14-17-9-3-4-10-18(17)25/h3-4,6-7,9-10,12-14,16,19H,2,5,8,11,15H2,1H3,(H,26,28)/b22-14-/t16-,19-/m1/s1. The minimum Gasteiger partial charge on any atom is -0.449 e. The van der Waals surface area contributed by atoms with Crippen molar-refractivity contribution < 1.29 is 18.7 Å². The number of halogens is 1. The van der Waals surface area contributed by atoms with E-state index in [0.717, 1.165) is 19.3 Å². The van der Waals surface area contributed by atoms with Crippen molar-refractivity contribution in [2.75, 3.05) is 11.4 Å². The molecule has 1 saturated carbocycles. The number of para-hydroxylation sites is 2. The van der Waals surface area contributed by atoms with Gasteiger partial charge in [-0.2, -0.15) is 0 Å². The van der Waals surface area contributed by atoms with E-state index in [0.29, 0.717) is 17.4 Å². The Morgan fingerprint density at radius 1 is 1.17 bits per heavy atom. The van der Waals surface area contributed by atoms with Crippen LogP contribution in [0.15, 0.2) is 54.3 Å². The van der Waals surface area contributed by atoms with E-state index in [4.69, 9.17) is 4.74 Å². The van der Waals surface area contributed by atoms with Crippen LogP contribution in [0.4, 0.5) is 10.1 Å². The van der Waals surface area contributed by atoms with E-state index in [-0.39, 0.29) is 29.8 Å². The minimum absolute atomic E-state index is 0.0161. The lowest BCUT2D eigenvalue weighted by atomic mass is 9.86. The largest absolute Gasteiger partial charge is 0.449 e.